The Labute approximate surface area is 841 Å². The number of aliphatic hydroxyl groups is 1. The quantitative estimate of drug-likeness (QED) is 0.0112. The first-order valence-electron chi connectivity index (χ1n) is 48.2. The van der Waals surface area contributed by atoms with Gasteiger partial charge in [-0.2, -0.15) is 11.8 Å². The number of unbranched alkanes of at least 4 members (excludes halogenated alkanes) is 2. The van der Waals surface area contributed by atoms with Gasteiger partial charge in [0.15, 0.2) is 5.96 Å². The summed E-state index contributed by atoms with van der Waals surface area (Å²) in [5, 5.41) is 72.3. The number of carboxylic acids is 1. The molecule has 0 spiro atoms. The van der Waals surface area contributed by atoms with Crippen LogP contribution < -0.4 is 125 Å². The number of hydrogen-bond acceptors (Lipinski definition) is 27. The molecule has 798 valence electrons. The number of rotatable bonds is 68. The number of thioether (sulfide) groups is 1. The van der Waals surface area contributed by atoms with Crippen molar-refractivity contribution in [2.45, 2.75) is 301 Å². The number of amides is 18. The summed E-state index contributed by atoms with van der Waals surface area (Å²) in [5.41, 5.74) is 36.2. The zero-order chi connectivity index (χ0) is 108. The fourth-order valence-corrected chi connectivity index (χ4v) is 15.3. The number of imidazole rings is 2. The highest BCUT2D eigenvalue weighted by Gasteiger charge is 2.42. The van der Waals surface area contributed by atoms with Crippen LogP contribution in [0.1, 0.15) is 189 Å². The van der Waals surface area contributed by atoms with Crippen LogP contribution in [-0.2, 0) is 117 Å². The van der Waals surface area contributed by atoms with Gasteiger partial charge in [0.05, 0.1) is 31.2 Å². The largest absolute Gasteiger partial charge is 0.480 e. The minimum absolute atomic E-state index is 0.00244. The molecule has 0 saturated heterocycles. The molecule has 50 heteroatoms. The average Bonchev–Trinajstić information content (AvgIpc) is 1.09. The highest BCUT2D eigenvalue weighted by molar-refractivity contribution is 7.98. The first-order chi connectivity index (χ1) is 68.1. The van der Waals surface area contributed by atoms with E-state index in [-0.39, 0.29) is 120 Å². The van der Waals surface area contributed by atoms with Crippen LogP contribution >= 0.6 is 11.8 Å². The Morgan fingerprint density at radius 3 is 1.19 bits per heavy atom. The summed E-state index contributed by atoms with van der Waals surface area (Å²) < 4.78 is 0. The van der Waals surface area contributed by atoms with E-state index < -0.39 is 258 Å². The minimum Gasteiger partial charge on any atom is -0.480 e. The number of benzene rings is 2. The van der Waals surface area contributed by atoms with Crippen molar-refractivity contribution in [1.29, 1.82) is 5.41 Å². The molecule has 0 radical (unpaired) electrons. The van der Waals surface area contributed by atoms with Gasteiger partial charge in [-0.05, 0) is 151 Å². The van der Waals surface area contributed by atoms with E-state index in [4.69, 9.17) is 39.8 Å². The number of carbonyl (C=O) groups excluding carboxylic acids is 18. The van der Waals surface area contributed by atoms with Gasteiger partial charge >= 0.3 is 5.97 Å². The van der Waals surface area contributed by atoms with Crippen LogP contribution in [-0.4, -0.2) is 289 Å². The van der Waals surface area contributed by atoms with Gasteiger partial charge in [0.1, 0.15) is 96.7 Å². The summed E-state index contributed by atoms with van der Waals surface area (Å²) in [4.78, 5) is 281. The van der Waals surface area contributed by atoms with Gasteiger partial charge < -0.3 is 145 Å². The molecular weight excluding hydrogens is 1890 g/mol. The van der Waals surface area contributed by atoms with Gasteiger partial charge in [-0.1, -0.05) is 122 Å². The van der Waals surface area contributed by atoms with Crippen molar-refractivity contribution in [1.82, 2.24) is 110 Å². The number of nitrogens with zero attached hydrogens (tertiary/aromatic N) is 2. The van der Waals surface area contributed by atoms with E-state index in [1.807, 2.05) is 13.8 Å². The van der Waals surface area contributed by atoms with Crippen molar-refractivity contribution in [2.24, 2.45) is 58.1 Å². The predicted molar refractivity (Wildman–Crippen MR) is 533 cm³/mol. The van der Waals surface area contributed by atoms with E-state index in [0.29, 0.717) is 36.1 Å². The van der Waals surface area contributed by atoms with Crippen LogP contribution in [0.15, 0.2) is 85.7 Å². The van der Waals surface area contributed by atoms with Crippen LogP contribution in [0.25, 0.3) is 0 Å². The zero-order valence-corrected chi connectivity index (χ0v) is 84.6. The lowest BCUT2D eigenvalue weighted by atomic mass is 9.96. The minimum atomic E-state index is -1.87. The van der Waals surface area contributed by atoms with E-state index in [9.17, 15) is 91.7 Å². The Morgan fingerprint density at radius 1 is 0.396 bits per heavy atom. The van der Waals surface area contributed by atoms with Gasteiger partial charge in [-0.25, -0.2) is 14.8 Å². The maximum atomic E-state index is 15.1. The molecule has 2 heterocycles. The fourth-order valence-electron chi connectivity index (χ4n) is 14.8. The van der Waals surface area contributed by atoms with Gasteiger partial charge in [0.25, 0.3) is 0 Å². The van der Waals surface area contributed by atoms with Crippen molar-refractivity contribution >= 4 is 130 Å². The Bertz CT molecular complexity index is 4850. The van der Waals surface area contributed by atoms with Crippen molar-refractivity contribution in [3.8, 4) is 0 Å². The van der Waals surface area contributed by atoms with Crippen LogP contribution in [0.3, 0.4) is 0 Å². The Kier molecular flexibility index (Phi) is 54.5. The number of aliphatic carboxylic acids is 1. The molecule has 0 fully saturated rings. The molecule has 2 aromatic carbocycles. The molecule has 0 aliphatic carbocycles. The Hall–Kier alpha value is -13.8. The third-order valence-electron chi connectivity index (χ3n) is 23.3. The van der Waals surface area contributed by atoms with Gasteiger partial charge in [0, 0.05) is 62.4 Å². The van der Waals surface area contributed by atoms with Gasteiger partial charge in [-0.15, -0.1) is 0 Å². The molecule has 2 aromatic heterocycles. The fraction of sp³-hybridized carbons (Fsp3) is 0.596. The van der Waals surface area contributed by atoms with Gasteiger partial charge in [-0.3, -0.25) is 91.7 Å². The van der Waals surface area contributed by atoms with E-state index in [0.717, 1.165) is 0 Å². The Balaban J connectivity index is 1.55. The topological polar surface area (TPSA) is 807 Å². The number of nitrogens with one attached hydrogen (secondary N) is 20. The summed E-state index contributed by atoms with van der Waals surface area (Å²) in [6.07, 6.45) is 4.76. The van der Waals surface area contributed by atoms with E-state index in [1.54, 1.807) is 94.6 Å². The number of nitrogens with two attached hydrogens (primary N) is 6. The molecule has 0 saturated carbocycles. The maximum absolute atomic E-state index is 15.1. The number of aromatic amines is 2. The Morgan fingerprint density at radius 2 is 0.757 bits per heavy atom. The number of guanidine groups is 1. The molecule has 0 aliphatic rings. The number of carbonyl (C=O) groups is 19. The molecule has 144 heavy (non-hydrogen) atoms. The highest BCUT2D eigenvalue weighted by atomic mass is 32.2. The molecule has 0 unspecified atom stereocenters. The molecule has 4 rings (SSSR count). The summed E-state index contributed by atoms with van der Waals surface area (Å²) >= 11 is 1.27. The lowest BCUT2D eigenvalue weighted by Gasteiger charge is -2.30. The molecule has 0 aliphatic heterocycles. The number of aromatic nitrogens is 4. The normalized spacial score (nSPS) is 15.2. The first-order valence-corrected chi connectivity index (χ1v) is 49.6. The van der Waals surface area contributed by atoms with Crippen molar-refractivity contribution in [3.05, 3.63) is 108 Å². The SMILES string of the molecule is CC[C@H](C)[C@H](NC(=O)[C@H](Cc1ccccc1)NC(=O)[C@@H](NC(=O)[C@H](C)NC(=O)[C@H](CCSC)NC(=O)[C@H](CCC(N)=O)NC(=O)[C@@H](NC(=O)[C@H](C)NC(=O)[C@@H](NC(=O)[C@H](CCCCN)NC(=O)[C@H](CC(C)C)NC(=O)[C@@H](N)Cc1cnc[nH]1)[C@@H](C)O)C(C)C)C(C)C)C(=O)N[C@@H](Cc1cnc[nH]1)C(=O)N[C@@H](CC(N)=O)C(=O)N[C@@H](Cc1ccccc1)C(=O)N[C@@H](CCCCN)C(=O)N[C@@H](CCCNC(=N)N)C(=O)O. The van der Waals surface area contributed by atoms with E-state index >= 15 is 9.59 Å². The first kappa shape index (κ1) is 123. The maximum Gasteiger partial charge on any atom is 0.326 e. The van der Waals surface area contributed by atoms with Crippen LogP contribution in [0.2, 0.25) is 0 Å². The van der Waals surface area contributed by atoms with Crippen LogP contribution in [0.4, 0.5) is 0 Å². The van der Waals surface area contributed by atoms with Crippen LogP contribution in [0, 0.1) is 29.1 Å². The van der Waals surface area contributed by atoms with E-state index in [1.165, 1.54) is 71.4 Å². The molecule has 49 nitrogen and oxygen atoms in total. The molecule has 19 atom stereocenters. The second kappa shape index (κ2) is 64.0. The highest BCUT2D eigenvalue weighted by Crippen LogP contribution is 2.19. The molecule has 4 aromatic rings. The number of hydrogen-bond donors (Lipinski definition) is 28. The standard InChI is InChI=1S/C94H150N28O21S/c1-13-52(8)75(91(140)118-69(43-59-46-103-48-106-59)86(135)116-70(44-72(99)125)87(136)115-67(40-56-25-16-14-17-26-56)85(134)109-61(29-20-22-35-95)81(130)113-65(93(142)143)31-24-37-104-94(100)101)121-88(137)68(41-57-27-18-15-19-28-57)117-90(139)74(51(6)7)120-77(126)53(9)107-80(129)64(34-38-144-12)111-82(131)63(32-33-71(98)124)112-89(138)73(50(4)5)119-78(127)54(10)108-92(141)76(55(11)123)122-83(132)62(30-21-23-36-96)110-84(133)66(39-49(2)3)114-79(128)60(97)42-58-45-102-47-105-58/h14-19,25-28,45-55,60-70,73-76,123H,13,20-24,29-44,95-97H2,1-12H3,(H2,98,124)(H2,99,125)(H,102,105)(H,103,106)(H,107,129)(H,108,141)(H,109,134)(H,110,133)(H,111,131)(H,112,138)(H,113,130)(H,114,128)(H,115,136)(H,116,135)(H,117,139)(H,118,140)(H,119,127)(H,120,126)(H,121,137)(H,122,132)(H,142,143)(H4,100,101,104)/t52-,53-,54-,55+,60-,61-,62-,63-,64-,65-,66-,67-,68-,69-,70-,73-,74-,75-,76-/m0/s1. The molecule has 18 amide bonds. The van der Waals surface area contributed by atoms with Crippen molar-refractivity contribution < 1.29 is 101 Å². The summed E-state index contributed by atoms with van der Waals surface area (Å²) in [6.45, 7) is 17.4. The number of H-pyrrole nitrogens is 2. The lowest BCUT2D eigenvalue weighted by Crippen LogP contribution is -2.62. The second-order valence-electron chi connectivity index (χ2n) is 36.7. The second-order valence-corrected chi connectivity index (χ2v) is 37.6. The molecule has 34 N–H and O–H groups in total. The van der Waals surface area contributed by atoms with Crippen molar-refractivity contribution in [3.63, 3.8) is 0 Å². The van der Waals surface area contributed by atoms with E-state index in [2.05, 4.69) is 110 Å². The van der Waals surface area contributed by atoms with Crippen molar-refractivity contribution in [2.75, 3.05) is 31.6 Å². The van der Waals surface area contributed by atoms with Gasteiger partial charge in [0.2, 0.25) is 106 Å². The number of aliphatic hydroxyl groups excluding tert-OH is 1. The lowest BCUT2D eigenvalue weighted by molar-refractivity contribution is -0.142. The van der Waals surface area contributed by atoms with Crippen LogP contribution in [0.5, 0.6) is 0 Å². The summed E-state index contributed by atoms with van der Waals surface area (Å²) in [6, 6.07) is -8.64. The number of primary amides is 2. The summed E-state index contributed by atoms with van der Waals surface area (Å²) in [5.74, 6) is -21.0. The molecular formula is C94H150N28O21S. The zero-order valence-electron chi connectivity index (χ0n) is 83.8. The number of carboxylic acid groups (broad SMARTS) is 1. The molecule has 0 bridgehead atoms. The average molecular weight is 2040 g/mol. The smallest absolute Gasteiger partial charge is 0.326 e. The third kappa shape index (κ3) is 44.4. The predicted octanol–water partition coefficient (Wildman–Crippen LogP) is -5.19. The monoisotopic (exact) mass is 2040 g/mol. The summed E-state index contributed by atoms with van der Waals surface area (Å²) in [7, 11) is 0. The third-order valence-corrected chi connectivity index (χ3v) is 24.0.